The van der Waals surface area contributed by atoms with E-state index in [2.05, 4.69) is 20.6 Å². The monoisotopic (exact) mass is 474 g/mol. The number of methoxy groups -OCH3 is 1. The van der Waals surface area contributed by atoms with E-state index in [9.17, 15) is 0 Å². The summed E-state index contributed by atoms with van der Waals surface area (Å²) in [5, 5.41) is 6.39. The molecule has 2 rings (SSSR count). The SMILES string of the molecule is CN=C(NCc1nc(C)c(C)o1)NCC(C)Oc1ccc(OC)cc1.I. The molecular formula is C18H27IN4O3. The van der Waals surface area contributed by atoms with E-state index in [1.54, 1.807) is 14.2 Å². The molecule has 0 bridgehead atoms. The second-order valence-electron chi connectivity index (χ2n) is 5.66. The van der Waals surface area contributed by atoms with Crippen LogP contribution in [0.5, 0.6) is 11.5 Å². The Hall–Kier alpha value is -1.97. The van der Waals surface area contributed by atoms with Crippen molar-refractivity contribution < 1.29 is 13.9 Å². The van der Waals surface area contributed by atoms with Gasteiger partial charge in [-0.2, -0.15) is 0 Å². The number of aryl methyl sites for hydroxylation is 2. The molecule has 1 heterocycles. The molecular weight excluding hydrogens is 447 g/mol. The minimum absolute atomic E-state index is 0. The van der Waals surface area contributed by atoms with Crippen molar-refractivity contribution in [1.82, 2.24) is 15.6 Å². The summed E-state index contributed by atoms with van der Waals surface area (Å²) < 4.78 is 16.5. The van der Waals surface area contributed by atoms with Gasteiger partial charge in [0, 0.05) is 7.05 Å². The first-order valence-corrected chi connectivity index (χ1v) is 8.20. The van der Waals surface area contributed by atoms with Gasteiger partial charge < -0.3 is 24.5 Å². The summed E-state index contributed by atoms with van der Waals surface area (Å²) in [6, 6.07) is 7.51. The predicted octanol–water partition coefficient (Wildman–Crippen LogP) is 3.05. The average Bonchev–Trinajstić information content (AvgIpc) is 2.93. The van der Waals surface area contributed by atoms with E-state index in [1.165, 1.54) is 0 Å². The van der Waals surface area contributed by atoms with Crippen LogP contribution in [0.2, 0.25) is 0 Å². The van der Waals surface area contributed by atoms with Crippen LogP contribution in [0.1, 0.15) is 24.3 Å². The summed E-state index contributed by atoms with van der Waals surface area (Å²) in [7, 11) is 3.36. The fourth-order valence-electron chi connectivity index (χ4n) is 2.16. The molecule has 0 spiro atoms. The van der Waals surface area contributed by atoms with Gasteiger partial charge in [0.25, 0.3) is 0 Å². The molecule has 0 aliphatic carbocycles. The molecule has 0 amide bonds. The maximum atomic E-state index is 5.86. The van der Waals surface area contributed by atoms with Crippen LogP contribution in [-0.4, -0.2) is 37.7 Å². The lowest BCUT2D eigenvalue weighted by Gasteiger charge is -2.17. The molecule has 8 heteroatoms. The van der Waals surface area contributed by atoms with E-state index in [0.717, 1.165) is 23.0 Å². The first kappa shape index (κ1) is 22.1. The summed E-state index contributed by atoms with van der Waals surface area (Å²) in [5.74, 6) is 3.74. The lowest BCUT2D eigenvalue weighted by atomic mass is 10.3. The minimum atomic E-state index is -0.0295. The number of hydrogen-bond acceptors (Lipinski definition) is 5. The Morgan fingerprint density at radius 2 is 1.85 bits per heavy atom. The molecule has 1 unspecified atom stereocenters. The normalized spacial score (nSPS) is 12.1. The molecule has 0 radical (unpaired) electrons. The van der Waals surface area contributed by atoms with Crippen molar-refractivity contribution in [2.45, 2.75) is 33.4 Å². The van der Waals surface area contributed by atoms with Crippen LogP contribution in [0, 0.1) is 13.8 Å². The van der Waals surface area contributed by atoms with Gasteiger partial charge in [-0.05, 0) is 45.0 Å². The molecule has 0 saturated carbocycles. The molecule has 1 aromatic heterocycles. The number of rotatable bonds is 7. The Balaban J connectivity index is 0.00000338. The van der Waals surface area contributed by atoms with Crippen LogP contribution in [0.3, 0.4) is 0 Å². The van der Waals surface area contributed by atoms with Crippen LogP contribution in [0.25, 0.3) is 0 Å². The van der Waals surface area contributed by atoms with Crippen molar-refractivity contribution in [2.75, 3.05) is 20.7 Å². The number of aromatic nitrogens is 1. The maximum Gasteiger partial charge on any atom is 0.214 e. The van der Waals surface area contributed by atoms with Gasteiger partial charge in [0.1, 0.15) is 23.4 Å². The van der Waals surface area contributed by atoms with E-state index in [1.807, 2.05) is 45.0 Å². The fraction of sp³-hybridized carbons (Fsp3) is 0.444. The van der Waals surface area contributed by atoms with Gasteiger partial charge in [0.15, 0.2) is 5.96 Å². The Morgan fingerprint density at radius 3 is 2.38 bits per heavy atom. The van der Waals surface area contributed by atoms with Gasteiger partial charge in [-0.25, -0.2) is 4.98 Å². The number of benzene rings is 1. The number of halogens is 1. The fourth-order valence-corrected chi connectivity index (χ4v) is 2.16. The summed E-state index contributed by atoms with van der Waals surface area (Å²) >= 11 is 0. The zero-order valence-corrected chi connectivity index (χ0v) is 18.2. The topological polar surface area (TPSA) is 80.9 Å². The van der Waals surface area contributed by atoms with Crippen molar-refractivity contribution in [3.63, 3.8) is 0 Å². The number of oxazole rings is 1. The summed E-state index contributed by atoms with van der Waals surface area (Å²) in [4.78, 5) is 8.52. The van der Waals surface area contributed by atoms with Crippen LogP contribution >= 0.6 is 24.0 Å². The molecule has 0 fully saturated rings. The van der Waals surface area contributed by atoms with E-state index >= 15 is 0 Å². The molecule has 0 aliphatic heterocycles. The quantitative estimate of drug-likeness (QED) is 0.365. The molecule has 1 atom stereocenters. The van der Waals surface area contributed by atoms with E-state index < -0.39 is 0 Å². The number of nitrogens with zero attached hydrogens (tertiary/aromatic N) is 2. The molecule has 2 N–H and O–H groups in total. The van der Waals surface area contributed by atoms with E-state index in [-0.39, 0.29) is 30.1 Å². The Bertz CT molecular complexity index is 681. The number of hydrogen-bond donors (Lipinski definition) is 2. The minimum Gasteiger partial charge on any atom is -0.497 e. The summed E-state index contributed by atoms with van der Waals surface area (Å²) in [6.07, 6.45) is -0.0295. The van der Waals surface area contributed by atoms with Crippen molar-refractivity contribution in [1.29, 1.82) is 0 Å². The molecule has 144 valence electrons. The van der Waals surface area contributed by atoms with E-state index in [4.69, 9.17) is 13.9 Å². The van der Waals surface area contributed by atoms with Crippen molar-refractivity contribution in [2.24, 2.45) is 4.99 Å². The summed E-state index contributed by atoms with van der Waals surface area (Å²) in [5.41, 5.74) is 0.904. The first-order valence-electron chi connectivity index (χ1n) is 8.20. The van der Waals surface area contributed by atoms with Gasteiger partial charge in [-0.1, -0.05) is 0 Å². The third kappa shape index (κ3) is 6.74. The highest BCUT2D eigenvalue weighted by molar-refractivity contribution is 14.0. The smallest absolute Gasteiger partial charge is 0.214 e. The third-order valence-corrected chi connectivity index (χ3v) is 3.66. The molecule has 0 saturated heterocycles. The standard InChI is InChI=1S/C18H26N4O3.HI/c1-12(24-16-8-6-15(23-5)7-9-16)10-20-18(19-4)21-11-17-22-13(2)14(3)25-17;/h6-9,12H,10-11H2,1-5H3,(H2,19,20,21);1H. The van der Waals surface area contributed by atoms with Crippen molar-refractivity contribution >= 4 is 29.9 Å². The zero-order valence-electron chi connectivity index (χ0n) is 15.8. The Morgan fingerprint density at radius 1 is 1.19 bits per heavy atom. The number of aliphatic imine (C=N–C) groups is 1. The van der Waals surface area contributed by atoms with Gasteiger partial charge in [-0.15, -0.1) is 24.0 Å². The lowest BCUT2D eigenvalue weighted by Crippen LogP contribution is -2.41. The van der Waals surface area contributed by atoms with Crippen molar-refractivity contribution in [3.8, 4) is 11.5 Å². The van der Waals surface area contributed by atoms with Crippen LogP contribution in [0.4, 0.5) is 0 Å². The molecule has 7 nitrogen and oxygen atoms in total. The largest absolute Gasteiger partial charge is 0.497 e. The van der Waals surface area contributed by atoms with Gasteiger partial charge >= 0.3 is 0 Å². The summed E-state index contributed by atoms with van der Waals surface area (Å²) in [6.45, 7) is 6.90. The lowest BCUT2D eigenvalue weighted by molar-refractivity contribution is 0.223. The number of ether oxygens (including phenoxy) is 2. The van der Waals surface area contributed by atoms with Gasteiger partial charge in [-0.3, -0.25) is 4.99 Å². The molecule has 26 heavy (non-hydrogen) atoms. The highest BCUT2D eigenvalue weighted by Gasteiger charge is 2.08. The molecule has 1 aromatic carbocycles. The highest BCUT2D eigenvalue weighted by Crippen LogP contribution is 2.17. The molecule has 0 aliphatic rings. The second-order valence-corrected chi connectivity index (χ2v) is 5.66. The van der Waals surface area contributed by atoms with Gasteiger partial charge in [0.2, 0.25) is 5.89 Å². The Labute approximate surface area is 171 Å². The third-order valence-electron chi connectivity index (χ3n) is 3.66. The average molecular weight is 474 g/mol. The predicted molar refractivity (Wildman–Crippen MR) is 113 cm³/mol. The van der Waals surface area contributed by atoms with E-state index in [0.29, 0.717) is 24.9 Å². The highest BCUT2D eigenvalue weighted by atomic mass is 127. The first-order chi connectivity index (χ1) is 12.0. The maximum absolute atomic E-state index is 5.86. The van der Waals surface area contributed by atoms with Gasteiger partial charge in [0.05, 0.1) is 25.9 Å². The number of guanidine groups is 1. The van der Waals surface area contributed by atoms with Crippen LogP contribution < -0.4 is 20.1 Å². The van der Waals surface area contributed by atoms with Crippen molar-refractivity contribution in [3.05, 3.63) is 41.6 Å². The molecule has 2 aromatic rings. The zero-order chi connectivity index (χ0) is 18.2. The van der Waals surface area contributed by atoms with Crippen LogP contribution in [0.15, 0.2) is 33.7 Å². The van der Waals surface area contributed by atoms with Crippen LogP contribution in [-0.2, 0) is 6.54 Å². The number of nitrogens with one attached hydrogen (secondary N) is 2. The Kier molecular flexibility index (Phi) is 9.25. The second kappa shape index (κ2) is 10.9.